The van der Waals surface area contributed by atoms with Crippen LogP contribution >= 0.6 is 0 Å². The SMILES string of the molecule is CC(C)(O)[C@H](O)c1ccc(Nc2ncnc(N3CCN(c4ncc(Cc5ccccc5)cn4)CC3)n2)cc1. The number of nitrogens with one attached hydrogen (secondary N) is 1. The predicted molar refractivity (Wildman–Crippen MR) is 147 cm³/mol. The molecule has 2 aromatic heterocycles. The first-order valence-electron chi connectivity index (χ1n) is 12.7. The van der Waals surface area contributed by atoms with E-state index in [9.17, 15) is 10.2 Å². The summed E-state index contributed by atoms with van der Waals surface area (Å²) in [4.78, 5) is 26.7. The van der Waals surface area contributed by atoms with E-state index in [4.69, 9.17) is 0 Å². The third-order valence-electron chi connectivity index (χ3n) is 6.50. The lowest BCUT2D eigenvalue weighted by atomic mass is 9.95. The van der Waals surface area contributed by atoms with Crippen LogP contribution in [0.15, 0.2) is 73.3 Å². The van der Waals surface area contributed by atoms with Gasteiger partial charge in [0.25, 0.3) is 0 Å². The Morgan fingerprint density at radius 3 is 2.08 bits per heavy atom. The van der Waals surface area contributed by atoms with Gasteiger partial charge in [-0.1, -0.05) is 42.5 Å². The lowest BCUT2D eigenvalue weighted by molar-refractivity contribution is -0.0496. The van der Waals surface area contributed by atoms with E-state index in [-0.39, 0.29) is 0 Å². The summed E-state index contributed by atoms with van der Waals surface area (Å²) < 4.78 is 0. The molecule has 1 saturated heterocycles. The van der Waals surface area contributed by atoms with Gasteiger partial charge in [0.05, 0.1) is 5.60 Å². The van der Waals surface area contributed by atoms with Gasteiger partial charge in [-0.15, -0.1) is 0 Å². The number of hydrogen-bond donors (Lipinski definition) is 3. The standard InChI is InChI=1S/C28H32N8O2/c1-28(2,38)24(37)22-8-10-23(11-9-22)33-25-31-19-32-27(34-25)36-14-12-35(13-15-36)26-29-17-21(18-30-26)16-20-6-4-3-5-7-20/h3-11,17-19,24,37-38H,12-16H2,1-2H3,(H,31,32,33,34)/t24-/m1/s1. The summed E-state index contributed by atoms with van der Waals surface area (Å²) in [5.74, 6) is 1.78. The molecule has 10 nitrogen and oxygen atoms in total. The maximum atomic E-state index is 10.3. The number of piperazine rings is 1. The summed E-state index contributed by atoms with van der Waals surface area (Å²) in [5.41, 5.74) is 2.51. The van der Waals surface area contributed by atoms with Gasteiger partial charge in [0, 0.05) is 50.7 Å². The second-order valence-corrected chi connectivity index (χ2v) is 9.94. The van der Waals surface area contributed by atoms with Crippen LogP contribution in [0.2, 0.25) is 0 Å². The van der Waals surface area contributed by atoms with Gasteiger partial charge in [0.15, 0.2) is 0 Å². The molecular formula is C28H32N8O2. The topological polar surface area (TPSA) is 123 Å². The summed E-state index contributed by atoms with van der Waals surface area (Å²) in [7, 11) is 0. The number of aromatic nitrogens is 5. The molecule has 5 rings (SSSR count). The molecule has 0 radical (unpaired) electrons. The van der Waals surface area contributed by atoms with Crippen molar-refractivity contribution >= 4 is 23.5 Å². The minimum atomic E-state index is -1.22. The second-order valence-electron chi connectivity index (χ2n) is 9.94. The molecule has 3 heterocycles. The van der Waals surface area contributed by atoms with Crippen molar-refractivity contribution in [2.24, 2.45) is 0 Å². The van der Waals surface area contributed by atoms with Crippen molar-refractivity contribution in [1.29, 1.82) is 0 Å². The van der Waals surface area contributed by atoms with Gasteiger partial charge >= 0.3 is 0 Å². The van der Waals surface area contributed by atoms with E-state index in [1.165, 1.54) is 11.9 Å². The van der Waals surface area contributed by atoms with Crippen molar-refractivity contribution < 1.29 is 10.2 Å². The molecule has 1 fully saturated rings. The van der Waals surface area contributed by atoms with Crippen molar-refractivity contribution in [3.63, 3.8) is 0 Å². The van der Waals surface area contributed by atoms with Gasteiger partial charge in [-0.3, -0.25) is 0 Å². The average Bonchev–Trinajstić information content (AvgIpc) is 2.94. The first-order chi connectivity index (χ1) is 18.3. The molecule has 3 N–H and O–H groups in total. The Hall–Kier alpha value is -4.15. The average molecular weight is 513 g/mol. The number of aliphatic hydroxyl groups excluding tert-OH is 1. The van der Waals surface area contributed by atoms with Gasteiger partial charge in [-0.2, -0.15) is 4.98 Å². The molecule has 0 saturated carbocycles. The number of anilines is 4. The molecule has 10 heteroatoms. The second kappa shape index (κ2) is 11.1. The Morgan fingerprint density at radius 2 is 1.45 bits per heavy atom. The molecular weight excluding hydrogens is 480 g/mol. The fourth-order valence-corrected chi connectivity index (χ4v) is 4.33. The van der Waals surface area contributed by atoms with Crippen LogP contribution in [-0.4, -0.2) is 66.9 Å². The summed E-state index contributed by atoms with van der Waals surface area (Å²) in [6, 6.07) is 17.5. The number of benzene rings is 2. The molecule has 196 valence electrons. The maximum absolute atomic E-state index is 10.3. The Labute approximate surface area is 222 Å². The molecule has 0 unspecified atom stereocenters. The van der Waals surface area contributed by atoms with E-state index in [1.54, 1.807) is 26.0 Å². The van der Waals surface area contributed by atoms with E-state index < -0.39 is 11.7 Å². The van der Waals surface area contributed by atoms with Crippen LogP contribution in [-0.2, 0) is 6.42 Å². The van der Waals surface area contributed by atoms with Crippen LogP contribution in [0.5, 0.6) is 0 Å². The Bertz CT molecular complexity index is 1320. The lowest BCUT2D eigenvalue weighted by Crippen LogP contribution is -2.47. The van der Waals surface area contributed by atoms with Crippen LogP contribution in [0, 0.1) is 0 Å². The van der Waals surface area contributed by atoms with Gasteiger partial charge in [0.2, 0.25) is 17.8 Å². The Kier molecular flexibility index (Phi) is 7.43. The van der Waals surface area contributed by atoms with E-state index in [0.717, 1.165) is 49.8 Å². The third kappa shape index (κ3) is 6.21. The highest BCUT2D eigenvalue weighted by molar-refractivity contribution is 5.55. The zero-order chi connectivity index (χ0) is 26.5. The van der Waals surface area contributed by atoms with E-state index >= 15 is 0 Å². The summed E-state index contributed by atoms with van der Waals surface area (Å²) in [5, 5.41) is 23.5. The largest absolute Gasteiger partial charge is 0.387 e. The predicted octanol–water partition coefficient (Wildman–Crippen LogP) is 3.13. The Balaban J connectivity index is 1.16. The van der Waals surface area contributed by atoms with E-state index in [0.29, 0.717) is 17.5 Å². The molecule has 1 atom stereocenters. The highest BCUT2D eigenvalue weighted by atomic mass is 16.3. The number of aliphatic hydroxyl groups is 2. The molecule has 0 aliphatic carbocycles. The van der Waals surface area contributed by atoms with Crippen molar-refractivity contribution in [2.75, 3.05) is 41.3 Å². The number of nitrogens with zero attached hydrogens (tertiary/aromatic N) is 7. The molecule has 0 spiro atoms. The van der Waals surface area contributed by atoms with Gasteiger partial charge in [0.1, 0.15) is 12.4 Å². The molecule has 1 aliphatic heterocycles. The van der Waals surface area contributed by atoms with E-state index in [1.807, 2.05) is 42.7 Å². The van der Waals surface area contributed by atoms with Crippen LogP contribution < -0.4 is 15.1 Å². The zero-order valence-electron chi connectivity index (χ0n) is 21.6. The van der Waals surface area contributed by atoms with Crippen molar-refractivity contribution in [3.05, 3.63) is 90.0 Å². The minimum Gasteiger partial charge on any atom is -0.387 e. The maximum Gasteiger partial charge on any atom is 0.231 e. The molecule has 0 bridgehead atoms. The quantitative estimate of drug-likeness (QED) is 0.324. The van der Waals surface area contributed by atoms with E-state index in [2.05, 4.69) is 52.2 Å². The monoisotopic (exact) mass is 512 g/mol. The van der Waals surface area contributed by atoms with Crippen LogP contribution in [0.1, 0.15) is 36.6 Å². The number of rotatable bonds is 8. The van der Waals surface area contributed by atoms with Crippen molar-refractivity contribution in [2.45, 2.75) is 32.0 Å². The summed E-state index contributed by atoms with van der Waals surface area (Å²) >= 11 is 0. The van der Waals surface area contributed by atoms with Crippen LogP contribution in [0.25, 0.3) is 0 Å². The molecule has 38 heavy (non-hydrogen) atoms. The lowest BCUT2D eigenvalue weighted by Gasteiger charge is -2.34. The molecule has 4 aromatic rings. The van der Waals surface area contributed by atoms with Gasteiger partial charge in [-0.05, 0) is 42.7 Å². The smallest absolute Gasteiger partial charge is 0.231 e. The fourth-order valence-electron chi connectivity index (χ4n) is 4.33. The summed E-state index contributed by atoms with van der Waals surface area (Å²) in [6.45, 7) is 6.15. The van der Waals surface area contributed by atoms with Gasteiger partial charge in [-0.25, -0.2) is 19.9 Å². The molecule has 0 amide bonds. The normalized spacial score (nSPS) is 14.8. The number of hydrogen-bond acceptors (Lipinski definition) is 10. The van der Waals surface area contributed by atoms with Crippen LogP contribution in [0.4, 0.5) is 23.5 Å². The van der Waals surface area contributed by atoms with Crippen molar-refractivity contribution in [3.8, 4) is 0 Å². The zero-order valence-corrected chi connectivity index (χ0v) is 21.6. The highest BCUT2D eigenvalue weighted by Crippen LogP contribution is 2.27. The summed E-state index contributed by atoms with van der Waals surface area (Å²) in [6.07, 6.45) is 5.15. The Morgan fingerprint density at radius 1 is 0.816 bits per heavy atom. The molecule has 2 aromatic carbocycles. The van der Waals surface area contributed by atoms with Crippen LogP contribution in [0.3, 0.4) is 0 Å². The molecule has 1 aliphatic rings. The van der Waals surface area contributed by atoms with Crippen molar-refractivity contribution in [1.82, 2.24) is 24.9 Å². The van der Waals surface area contributed by atoms with Gasteiger partial charge < -0.3 is 25.3 Å². The fraction of sp³-hybridized carbons (Fsp3) is 0.321. The first kappa shape index (κ1) is 25.5. The third-order valence-corrected chi connectivity index (χ3v) is 6.50. The minimum absolute atomic E-state index is 0.436. The first-order valence-corrected chi connectivity index (χ1v) is 12.7. The highest BCUT2D eigenvalue weighted by Gasteiger charge is 2.26.